The van der Waals surface area contributed by atoms with Crippen molar-refractivity contribution in [2.24, 2.45) is 0 Å². The average molecular weight is 507 g/mol. The van der Waals surface area contributed by atoms with E-state index >= 15 is 0 Å². The van der Waals surface area contributed by atoms with E-state index in [0.29, 0.717) is 30.0 Å². The molecule has 7 heteroatoms. The van der Waals surface area contributed by atoms with Crippen LogP contribution in [0.2, 0.25) is 0 Å². The lowest BCUT2D eigenvalue weighted by Gasteiger charge is -2.26. The van der Waals surface area contributed by atoms with Gasteiger partial charge in [0.05, 0.1) is 5.69 Å². The minimum absolute atomic E-state index is 0.160. The number of ether oxygens (including phenoxy) is 1. The minimum Gasteiger partial charge on any atom is -0.489 e. The Bertz CT molecular complexity index is 1510. The number of halogens is 1. The fraction of sp³-hybridized carbons (Fsp3) is 0.0645. The van der Waals surface area contributed by atoms with Gasteiger partial charge >= 0.3 is 6.03 Å². The Morgan fingerprint density at radius 2 is 1.47 bits per heavy atom. The van der Waals surface area contributed by atoms with Crippen LogP contribution in [0.3, 0.4) is 0 Å². The summed E-state index contributed by atoms with van der Waals surface area (Å²) in [6.07, 6.45) is 1.99. The summed E-state index contributed by atoms with van der Waals surface area (Å²) in [6.45, 7) is 0.381. The lowest BCUT2D eigenvalue weighted by atomic mass is 10.0. The zero-order valence-corrected chi connectivity index (χ0v) is 20.3. The highest BCUT2D eigenvalue weighted by molar-refractivity contribution is 6.39. The molecule has 0 bridgehead atoms. The second-order valence-electron chi connectivity index (χ2n) is 8.77. The highest BCUT2D eigenvalue weighted by Crippen LogP contribution is 2.25. The van der Waals surface area contributed by atoms with E-state index in [1.165, 1.54) is 18.2 Å². The first-order valence-electron chi connectivity index (χ1n) is 12.0. The third-order valence-corrected chi connectivity index (χ3v) is 6.03. The zero-order chi connectivity index (χ0) is 26.5. The molecule has 0 radical (unpaired) electrons. The highest BCUT2D eigenvalue weighted by Gasteiger charge is 2.36. The number of amides is 4. The second-order valence-corrected chi connectivity index (χ2v) is 8.77. The number of nitrogens with zero attached hydrogens (tertiary/aromatic N) is 1. The normalized spacial score (nSPS) is 14.5. The van der Waals surface area contributed by atoms with Gasteiger partial charge in [-0.2, -0.15) is 0 Å². The third-order valence-electron chi connectivity index (χ3n) is 6.03. The van der Waals surface area contributed by atoms with E-state index in [9.17, 15) is 18.8 Å². The van der Waals surface area contributed by atoms with Gasteiger partial charge in [-0.3, -0.25) is 14.9 Å². The van der Waals surface area contributed by atoms with Crippen LogP contribution in [-0.4, -0.2) is 17.8 Å². The first kappa shape index (κ1) is 24.6. The lowest BCUT2D eigenvalue weighted by Crippen LogP contribution is -2.54. The van der Waals surface area contributed by atoms with Gasteiger partial charge in [0.25, 0.3) is 11.8 Å². The first-order valence-corrected chi connectivity index (χ1v) is 12.0. The van der Waals surface area contributed by atoms with E-state index in [1.54, 1.807) is 42.5 Å². The van der Waals surface area contributed by atoms with Crippen molar-refractivity contribution in [3.05, 3.63) is 137 Å². The second kappa shape index (κ2) is 10.9. The number of hydrogen-bond donors (Lipinski definition) is 1. The van der Waals surface area contributed by atoms with Crippen LogP contribution >= 0.6 is 0 Å². The monoisotopic (exact) mass is 506 g/mol. The summed E-state index contributed by atoms with van der Waals surface area (Å²) in [7, 11) is 0. The van der Waals surface area contributed by atoms with Crippen LogP contribution in [0.1, 0.15) is 22.3 Å². The van der Waals surface area contributed by atoms with Crippen LogP contribution in [0.5, 0.6) is 5.75 Å². The SMILES string of the molecule is O=C1NC(=O)N(c2ccc(OCc3ccccc3)cc2)C(=O)/C1=C/c1ccc(Cc2cccc(F)c2)cc1. The predicted octanol–water partition coefficient (Wildman–Crippen LogP) is 5.66. The van der Waals surface area contributed by atoms with Gasteiger partial charge in [-0.1, -0.05) is 66.7 Å². The fourth-order valence-corrected chi connectivity index (χ4v) is 4.11. The molecule has 0 aliphatic carbocycles. The van der Waals surface area contributed by atoms with Crippen molar-refractivity contribution in [1.82, 2.24) is 5.32 Å². The maximum absolute atomic E-state index is 13.5. The van der Waals surface area contributed by atoms with E-state index in [-0.39, 0.29) is 11.4 Å². The third kappa shape index (κ3) is 5.68. The highest BCUT2D eigenvalue weighted by atomic mass is 19.1. The number of rotatable bonds is 7. The van der Waals surface area contributed by atoms with Crippen molar-refractivity contribution >= 4 is 29.6 Å². The molecule has 6 nitrogen and oxygen atoms in total. The molecule has 1 aliphatic heterocycles. The number of carbonyl (C=O) groups is 3. The van der Waals surface area contributed by atoms with Crippen LogP contribution in [0.25, 0.3) is 6.08 Å². The van der Waals surface area contributed by atoms with Crippen LogP contribution in [0, 0.1) is 5.82 Å². The molecule has 0 saturated carbocycles. The number of nitrogens with one attached hydrogen (secondary N) is 1. The molecule has 1 N–H and O–H groups in total. The molecule has 1 heterocycles. The summed E-state index contributed by atoms with van der Waals surface area (Å²) in [5, 5.41) is 2.23. The number of hydrogen-bond acceptors (Lipinski definition) is 4. The summed E-state index contributed by atoms with van der Waals surface area (Å²) in [4.78, 5) is 39.2. The van der Waals surface area contributed by atoms with Gasteiger partial charge in [0.1, 0.15) is 23.7 Å². The van der Waals surface area contributed by atoms with Gasteiger partial charge in [-0.15, -0.1) is 0 Å². The molecule has 0 spiro atoms. The Morgan fingerprint density at radius 1 is 0.763 bits per heavy atom. The van der Waals surface area contributed by atoms with Gasteiger partial charge in [-0.05, 0) is 71.1 Å². The smallest absolute Gasteiger partial charge is 0.335 e. The standard InChI is InChI=1S/C31H23FN2O4/c32-25-8-4-7-24(18-25)17-21-9-11-22(12-10-21)19-28-29(35)33-31(37)34(30(28)36)26-13-15-27(16-14-26)38-20-23-5-2-1-3-6-23/h1-16,18-19H,17,20H2,(H,33,35,37)/b28-19+. The molecule has 1 aliphatic rings. The van der Waals surface area contributed by atoms with Crippen LogP contribution in [0.15, 0.2) is 109 Å². The molecule has 1 fully saturated rings. The topological polar surface area (TPSA) is 75.7 Å². The number of urea groups is 1. The van der Waals surface area contributed by atoms with Crippen LogP contribution in [-0.2, 0) is 22.6 Å². The van der Waals surface area contributed by atoms with Gasteiger partial charge in [0.15, 0.2) is 0 Å². The van der Waals surface area contributed by atoms with E-state index < -0.39 is 17.8 Å². The van der Waals surface area contributed by atoms with Gasteiger partial charge in [0, 0.05) is 0 Å². The summed E-state index contributed by atoms with van der Waals surface area (Å²) in [6, 6.07) is 29.0. The molecular formula is C31H23FN2O4. The Labute approximate surface area is 219 Å². The number of barbiturate groups is 1. The van der Waals surface area contributed by atoms with Crippen LogP contribution in [0.4, 0.5) is 14.9 Å². The van der Waals surface area contributed by atoms with Crippen molar-refractivity contribution in [3.8, 4) is 5.75 Å². The predicted molar refractivity (Wildman–Crippen MR) is 142 cm³/mol. The fourth-order valence-electron chi connectivity index (χ4n) is 4.11. The molecule has 4 amide bonds. The Hall–Kier alpha value is -5.04. The Balaban J connectivity index is 1.30. The number of benzene rings is 4. The number of imide groups is 2. The van der Waals surface area contributed by atoms with Crippen LogP contribution < -0.4 is 15.0 Å². The van der Waals surface area contributed by atoms with Crippen molar-refractivity contribution < 1.29 is 23.5 Å². The molecule has 5 rings (SSSR count). The molecule has 0 aromatic heterocycles. The summed E-state index contributed by atoms with van der Waals surface area (Å²) in [5.74, 6) is -1.20. The molecule has 0 unspecified atom stereocenters. The van der Waals surface area contributed by atoms with E-state index in [2.05, 4.69) is 5.32 Å². The molecular weight excluding hydrogens is 483 g/mol. The van der Waals surface area contributed by atoms with Gasteiger partial charge in [0.2, 0.25) is 0 Å². The Kier molecular flexibility index (Phi) is 7.08. The summed E-state index contributed by atoms with van der Waals surface area (Å²) in [5.41, 5.74) is 3.56. The quantitative estimate of drug-likeness (QED) is 0.259. The van der Waals surface area contributed by atoms with Gasteiger partial charge in [-0.25, -0.2) is 14.1 Å². The number of carbonyl (C=O) groups excluding carboxylic acids is 3. The first-order chi connectivity index (χ1) is 18.5. The molecule has 0 atom stereocenters. The number of anilines is 1. The average Bonchev–Trinajstić information content (AvgIpc) is 2.92. The molecule has 1 saturated heterocycles. The minimum atomic E-state index is -0.819. The molecule has 38 heavy (non-hydrogen) atoms. The van der Waals surface area contributed by atoms with E-state index in [1.807, 2.05) is 48.5 Å². The van der Waals surface area contributed by atoms with Crippen molar-refractivity contribution in [2.75, 3.05) is 4.90 Å². The van der Waals surface area contributed by atoms with Crippen molar-refractivity contribution in [2.45, 2.75) is 13.0 Å². The largest absolute Gasteiger partial charge is 0.489 e. The Morgan fingerprint density at radius 3 is 2.18 bits per heavy atom. The van der Waals surface area contributed by atoms with E-state index in [4.69, 9.17) is 4.74 Å². The zero-order valence-electron chi connectivity index (χ0n) is 20.3. The maximum atomic E-state index is 13.5. The molecule has 188 valence electrons. The van der Waals surface area contributed by atoms with Crippen molar-refractivity contribution in [1.29, 1.82) is 0 Å². The molecule has 4 aromatic carbocycles. The van der Waals surface area contributed by atoms with E-state index in [0.717, 1.165) is 21.6 Å². The summed E-state index contributed by atoms with van der Waals surface area (Å²) >= 11 is 0. The maximum Gasteiger partial charge on any atom is 0.335 e. The lowest BCUT2D eigenvalue weighted by molar-refractivity contribution is -0.122. The molecule has 4 aromatic rings. The summed E-state index contributed by atoms with van der Waals surface area (Å²) < 4.78 is 19.2. The van der Waals surface area contributed by atoms with Crippen molar-refractivity contribution in [3.63, 3.8) is 0 Å². The van der Waals surface area contributed by atoms with Gasteiger partial charge < -0.3 is 4.74 Å².